The van der Waals surface area contributed by atoms with Gasteiger partial charge in [-0.05, 0) is 18.2 Å². The summed E-state index contributed by atoms with van der Waals surface area (Å²) in [6.45, 7) is 0. The van der Waals surface area contributed by atoms with E-state index in [0.29, 0.717) is 10.6 Å². The molecule has 0 N–H and O–H groups in total. The average molecular weight is 221 g/mol. The van der Waals surface area contributed by atoms with Gasteiger partial charge in [-0.3, -0.25) is 4.79 Å². The lowest BCUT2D eigenvalue weighted by Gasteiger charge is -2.07. The summed E-state index contributed by atoms with van der Waals surface area (Å²) in [5, 5.41) is 2.22. The van der Waals surface area contributed by atoms with Gasteiger partial charge >= 0.3 is 0 Å². The maximum absolute atomic E-state index is 10.7. The number of benzene rings is 2. The van der Waals surface area contributed by atoms with Crippen molar-refractivity contribution in [3.63, 3.8) is 0 Å². The van der Waals surface area contributed by atoms with Crippen molar-refractivity contribution in [2.75, 3.05) is 7.11 Å². The number of carbonyl (C=O) groups is 1. The van der Waals surface area contributed by atoms with E-state index in [-0.39, 0.29) is 0 Å². The fourth-order valence-electron chi connectivity index (χ4n) is 1.58. The third kappa shape index (κ3) is 1.57. The van der Waals surface area contributed by atoms with Crippen LogP contribution in [-0.2, 0) is 0 Å². The first-order valence-corrected chi connectivity index (χ1v) is 4.86. The summed E-state index contributed by atoms with van der Waals surface area (Å²) in [6, 6.07) is 9.11. The summed E-state index contributed by atoms with van der Waals surface area (Å²) in [7, 11) is 1.61. The number of methoxy groups -OCH3 is 1. The third-order valence-corrected chi connectivity index (χ3v) is 2.75. The van der Waals surface area contributed by atoms with Crippen LogP contribution in [0, 0.1) is 0 Å². The van der Waals surface area contributed by atoms with Crippen LogP contribution in [0.25, 0.3) is 10.8 Å². The fraction of sp³-hybridized carbons (Fsp3) is 0.0833. The van der Waals surface area contributed by atoms with E-state index >= 15 is 0 Å². The van der Waals surface area contributed by atoms with Crippen molar-refractivity contribution < 1.29 is 9.53 Å². The van der Waals surface area contributed by atoms with Crippen molar-refractivity contribution >= 4 is 28.7 Å². The highest BCUT2D eigenvalue weighted by atomic mass is 35.5. The number of halogens is 1. The normalized spacial score (nSPS) is 10.3. The molecule has 0 fully saturated rings. The molecule has 2 aromatic rings. The molecule has 0 aliphatic heterocycles. The van der Waals surface area contributed by atoms with Gasteiger partial charge in [0.25, 0.3) is 0 Å². The van der Waals surface area contributed by atoms with Gasteiger partial charge in [-0.25, -0.2) is 0 Å². The molecule has 0 unspecified atom stereocenters. The van der Waals surface area contributed by atoms with Gasteiger partial charge in [0.1, 0.15) is 5.75 Å². The van der Waals surface area contributed by atoms with Crippen molar-refractivity contribution in [1.29, 1.82) is 0 Å². The number of hydrogen-bond donors (Lipinski definition) is 0. The monoisotopic (exact) mass is 220 g/mol. The smallest absolute Gasteiger partial charge is 0.151 e. The molecule has 0 bridgehead atoms. The van der Waals surface area contributed by atoms with E-state index in [4.69, 9.17) is 16.3 Å². The zero-order valence-corrected chi connectivity index (χ0v) is 8.91. The van der Waals surface area contributed by atoms with Gasteiger partial charge in [-0.2, -0.15) is 0 Å². The summed E-state index contributed by atoms with van der Waals surface area (Å²) in [5.41, 5.74) is 0.498. The first kappa shape index (κ1) is 9.99. The molecule has 0 atom stereocenters. The molecule has 0 radical (unpaired) electrons. The Bertz CT molecular complexity index is 520. The van der Waals surface area contributed by atoms with Gasteiger partial charge in [0, 0.05) is 16.3 Å². The van der Waals surface area contributed by atoms with Crippen LogP contribution in [0.5, 0.6) is 5.75 Å². The lowest BCUT2D eigenvalue weighted by atomic mass is 10.1. The van der Waals surface area contributed by atoms with Crippen LogP contribution >= 0.6 is 11.6 Å². The van der Waals surface area contributed by atoms with Gasteiger partial charge in [0.15, 0.2) is 6.29 Å². The summed E-state index contributed by atoms with van der Waals surface area (Å²) < 4.78 is 5.21. The molecule has 76 valence electrons. The lowest BCUT2D eigenvalue weighted by Crippen LogP contribution is -1.88. The molecule has 2 aromatic carbocycles. The Morgan fingerprint density at radius 1 is 1.20 bits per heavy atom. The summed E-state index contributed by atoms with van der Waals surface area (Å²) in [6.07, 6.45) is 0.751. The Hall–Kier alpha value is -1.54. The second kappa shape index (κ2) is 3.91. The molecule has 2 nitrogen and oxygen atoms in total. The molecular formula is C12H9ClO2. The van der Waals surface area contributed by atoms with Crippen LogP contribution in [0.2, 0.25) is 5.02 Å². The summed E-state index contributed by atoms with van der Waals surface area (Å²) in [5.74, 6) is 0.756. The highest BCUT2D eigenvalue weighted by Crippen LogP contribution is 2.32. The van der Waals surface area contributed by atoms with Crippen LogP contribution in [0.1, 0.15) is 10.4 Å². The minimum absolute atomic E-state index is 0.474. The Morgan fingerprint density at radius 2 is 2.00 bits per heavy atom. The predicted molar refractivity (Wildman–Crippen MR) is 60.9 cm³/mol. The Balaban J connectivity index is 2.84. The first-order valence-electron chi connectivity index (χ1n) is 4.48. The largest absolute Gasteiger partial charge is 0.496 e. The lowest BCUT2D eigenvalue weighted by molar-refractivity contribution is 0.112. The van der Waals surface area contributed by atoms with Gasteiger partial charge < -0.3 is 4.74 Å². The number of ether oxygens (including phenoxy) is 1. The number of aldehydes is 1. The van der Waals surface area contributed by atoms with Crippen LogP contribution in [0.3, 0.4) is 0 Å². The van der Waals surface area contributed by atoms with Crippen LogP contribution in [0.15, 0.2) is 30.3 Å². The Morgan fingerprint density at radius 3 is 2.67 bits per heavy atom. The van der Waals surface area contributed by atoms with E-state index in [0.717, 1.165) is 22.8 Å². The zero-order valence-electron chi connectivity index (χ0n) is 8.16. The molecule has 0 spiro atoms. The maximum atomic E-state index is 10.7. The molecule has 15 heavy (non-hydrogen) atoms. The van der Waals surface area contributed by atoms with Crippen molar-refractivity contribution in [3.8, 4) is 5.75 Å². The van der Waals surface area contributed by atoms with Crippen molar-refractivity contribution in [3.05, 3.63) is 40.9 Å². The van der Waals surface area contributed by atoms with E-state index < -0.39 is 0 Å². The quantitative estimate of drug-likeness (QED) is 0.726. The highest BCUT2D eigenvalue weighted by molar-refractivity contribution is 6.38. The highest BCUT2D eigenvalue weighted by Gasteiger charge is 2.07. The number of fused-ring (bicyclic) bond motifs is 1. The van der Waals surface area contributed by atoms with Gasteiger partial charge in [0.2, 0.25) is 0 Å². The van der Waals surface area contributed by atoms with E-state index in [2.05, 4.69) is 0 Å². The standard InChI is InChI=1S/C12H9ClO2/c1-15-11-4-2-3-10-9(11)6-5-8(7-14)12(10)13/h2-7H,1H3. The second-order valence-corrected chi connectivity index (χ2v) is 3.52. The Kier molecular flexibility index (Phi) is 2.60. The molecule has 0 amide bonds. The minimum atomic E-state index is 0.474. The van der Waals surface area contributed by atoms with Gasteiger partial charge in [-0.15, -0.1) is 0 Å². The van der Waals surface area contributed by atoms with Crippen LogP contribution < -0.4 is 4.74 Å². The predicted octanol–water partition coefficient (Wildman–Crippen LogP) is 3.31. The van der Waals surface area contributed by atoms with E-state index in [1.54, 1.807) is 13.2 Å². The van der Waals surface area contributed by atoms with Crippen LogP contribution in [0.4, 0.5) is 0 Å². The third-order valence-electron chi connectivity index (χ3n) is 2.33. The summed E-state index contributed by atoms with van der Waals surface area (Å²) >= 11 is 6.08. The van der Waals surface area contributed by atoms with Gasteiger partial charge in [0.05, 0.1) is 12.1 Å². The number of carbonyl (C=O) groups excluding carboxylic acids is 1. The van der Waals surface area contributed by atoms with Crippen molar-refractivity contribution in [1.82, 2.24) is 0 Å². The average Bonchev–Trinajstić information content (AvgIpc) is 2.29. The summed E-state index contributed by atoms with van der Waals surface area (Å²) in [4.78, 5) is 10.7. The topological polar surface area (TPSA) is 26.3 Å². The maximum Gasteiger partial charge on any atom is 0.151 e. The number of rotatable bonds is 2. The molecule has 2 rings (SSSR count). The SMILES string of the molecule is COc1cccc2c(Cl)c(C=O)ccc12. The molecule has 0 aliphatic carbocycles. The molecular weight excluding hydrogens is 212 g/mol. The molecule has 0 heterocycles. The molecule has 0 aromatic heterocycles. The molecule has 0 saturated carbocycles. The second-order valence-electron chi connectivity index (χ2n) is 3.14. The fourth-order valence-corrected chi connectivity index (χ4v) is 1.85. The van der Waals surface area contributed by atoms with E-state index in [9.17, 15) is 4.79 Å². The zero-order chi connectivity index (χ0) is 10.8. The Labute approximate surface area is 92.4 Å². The van der Waals surface area contributed by atoms with Crippen LogP contribution in [-0.4, -0.2) is 13.4 Å². The van der Waals surface area contributed by atoms with Crippen molar-refractivity contribution in [2.45, 2.75) is 0 Å². The van der Waals surface area contributed by atoms with Crippen molar-refractivity contribution in [2.24, 2.45) is 0 Å². The number of hydrogen-bond acceptors (Lipinski definition) is 2. The van der Waals surface area contributed by atoms with Gasteiger partial charge in [-0.1, -0.05) is 23.7 Å². The molecule has 3 heteroatoms. The van der Waals surface area contributed by atoms with E-state index in [1.807, 2.05) is 24.3 Å². The van der Waals surface area contributed by atoms with E-state index in [1.165, 1.54) is 0 Å². The molecule has 0 saturated heterocycles. The first-order chi connectivity index (χ1) is 7.27. The molecule has 0 aliphatic rings. The minimum Gasteiger partial charge on any atom is -0.496 e.